The van der Waals surface area contributed by atoms with Crippen LogP contribution in [-0.2, 0) is 16.0 Å². The van der Waals surface area contributed by atoms with Crippen molar-refractivity contribution in [3.63, 3.8) is 0 Å². The number of oxazole rings is 1. The van der Waals surface area contributed by atoms with Gasteiger partial charge in [-0.3, -0.25) is 19.3 Å². The molecule has 33 heavy (non-hydrogen) atoms. The van der Waals surface area contributed by atoms with Crippen molar-refractivity contribution in [2.45, 2.75) is 12.8 Å². The minimum absolute atomic E-state index is 0.0823. The highest BCUT2D eigenvalue weighted by atomic mass is 32.2. The molecular formula is C24H20FN3O4S. The number of aromatic nitrogens is 1. The Bertz CT molecular complexity index is 1210. The average molecular weight is 466 g/mol. The number of carbonyl (C=O) groups is 3. The van der Waals surface area contributed by atoms with E-state index >= 15 is 0 Å². The van der Waals surface area contributed by atoms with Gasteiger partial charge in [0.1, 0.15) is 5.82 Å². The first-order valence-corrected chi connectivity index (χ1v) is 11.1. The van der Waals surface area contributed by atoms with E-state index < -0.39 is 5.82 Å². The van der Waals surface area contributed by atoms with E-state index in [-0.39, 0.29) is 43.0 Å². The maximum atomic E-state index is 13.8. The molecule has 3 aromatic rings. The third-order valence-electron chi connectivity index (χ3n) is 4.89. The minimum Gasteiger partial charge on any atom is -0.441 e. The van der Waals surface area contributed by atoms with E-state index in [1.165, 1.54) is 12.3 Å². The van der Waals surface area contributed by atoms with Gasteiger partial charge in [0.05, 0.1) is 16.7 Å². The maximum absolute atomic E-state index is 13.8. The number of thioether (sulfide) groups is 1. The van der Waals surface area contributed by atoms with Crippen LogP contribution in [0.3, 0.4) is 0 Å². The fourth-order valence-corrected chi connectivity index (χ4v) is 4.09. The monoisotopic (exact) mass is 465 g/mol. The molecule has 1 aliphatic heterocycles. The lowest BCUT2D eigenvalue weighted by Crippen LogP contribution is -2.37. The Hall–Kier alpha value is -3.72. The van der Waals surface area contributed by atoms with Gasteiger partial charge in [0, 0.05) is 25.9 Å². The molecule has 2 aromatic carbocycles. The Labute approximate surface area is 193 Å². The number of benzene rings is 2. The number of imide groups is 1. The Morgan fingerprint density at radius 2 is 1.88 bits per heavy atom. The molecule has 168 valence electrons. The molecule has 9 heteroatoms. The molecule has 0 bridgehead atoms. The summed E-state index contributed by atoms with van der Waals surface area (Å²) >= 11 is 0.883. The van der Waals surface area contributed by atoms with E-state index in [4.69, 9.17) is 4.42 Å². The third-order valence-corrected chi connectivity index (χ3v) is 5.79. The zero-order valence-corrected chi connectivity index (χ0v) is 18.3. The summed E-state index contributed by atoms with van der Waals surface area (Å²) in [6.45, 7) is 0.223. The number of aryl methyl sites for hydroxylation is 1. The van der Waals surface area contributed by atoms with Crippen LogP contribution < -0.4 is 5.32 Å². The number of nitrogens with one attached hydrogen (secondary N) is 1. The largest absolute Gasteiger partial charge is 0.441 e. The summed E-state index contributed by atoms with van der Waals surface area (Å²) < 4.78 is 19.4. The second-order valence-electron chi connectivity index (χ2n) is 7.19. The van der Waals surface area contributed by atoms with Crippen molar-refractivity contribution in [1.82, 2.24) is 15.2 Å². The summed E-state index contributed by atoms with van der Waals surface area (Å²) in [7, 11) is 0. The zero-order chi connectivity index (χ0) is 23.2. The summed E-state index contributed by atoms with van der Waals surface area (Å²) in [6, 6.07) is 15.5. The van der Waals surface area contributed by atoms with Crippen LogP contribution in [0.4, 0.5) is 9.18 Å². The summed E-state index contributed by atoms with van der Waals surface area (Å²) in [6.07, 6.45) is 3.44. The molecule has 0 radical (unpaired) electrons. The third kappa shape index (κ3) is 5.56. The first-order valence-electron chi connectivity index (χ1n) is 10.3. The lowest BCUT2D eigenvalue weighted by molar-refractivity contribution is -0.124. The van der Waals surface area contributed by atoms with Gasteiger partial charge in [-0.25, -0.2) is 9.37 Å². The normalized spacial score (nSPS) is 14.8. The molecule has 1 fully saturated rings. The van der Waals surface area contributed by atoms with Gasteiger partial charge in [-0.15, -0.1) is 0 Å². The summed E-state index contributed by atoms with van der Waals surface area (Å²) in [5.41, 5.74) is 1.14. The molecule has 0 saturated carbocycles. The van der Waals surface area contributed by atoms with Crippen molar-refractivity contribution in [2.24, 2.45) is 0 Å². The standard InChI is InChI=1S/C24H20FN3O4S/c25-18-9-5-4-8-17(18)19-15-27-22(32-19)11-10-21(29)26-12-13-28-23(30)20(33-24(28)31)14-16-6-2-1-3-7-16/h1-9,14-15H,10-13H2,(H,26,29)/b20-14+. The lowest BCUT2D eigenvalue weighted by Gasteiger charge is -2.12. The fraction of sp³-hybridized carbons (Fsp3) is 0.167. The smallest absolute Gasteiger partial charge is 0.293 e. The van der Waals surface area contributed by atoms with Crippen LogP contribution in [0.1, 0.15) is 17.9 Å². The highest BCUT2D eigenvalue weighted by molar-refractivity contribution is 8.18. The molecule has 1 N–H and O–H groups in total. The number of rotatable bonds is 8. The molecule has 1 aromatic heterocycles. The second-order valence-corrected chi connectivity index (χ2v) is 8.19. The predicted molar refractivity (Wildman–Crippen MR) is 122 cm³/mol. The molecule has 1 saturated heterocycles. The van der Waals surface area contributed by atoms with E-state index in [2.05, 4.69) is 10.3 Å². The molecule has 2 heterocycles. The van der Waals surface area contributed by atoms with Crippen LogP contribution in [0, 0.1) is 5.82 Å². The van der Waals surface area contributed by atoms with Crippen molar-refractivity contribution in [3.05, 3.63) is 83.0 Å². The highest BCUT2D eigenvalue weighted by Crippen LogP contribution is 2.31. The van der Waals surface area contributed by atoms with Gasteiger partial charge in [0.15, 0.2) is 11.7 Å². The van der Waals surface area contributed by atoms with Gasteiger partial charge < -0.3 is 9.73 Å². The summed E-state index contributed by atoms with van der Waals surface area (Å²) in [4.78, 5) is 42.4. The number of halogens is 1. The van der Waals surface area contributed by atoms with Gasteiger partial charge in [-0.2, -0.15) is 0 Å². The topological polar surface area (TPSA) is 92.5 Å². The first kappa shape index (κ1) is 22.5. The number of hydrogen-bond donors (Lipinski definition) is 1. The molecule has 7 nitrogen and oxygen atoms in total. The average Bonchev–Trinajstić information content (AvgIpc) is 3.39. The van der Waals surface area contributed by atoms with Crippen LogP contribution in [0.15, 0.2) is 70.1 Å². The van der Waals surface area contributed by atoms with Crippen LogP contribution in [0.5, 0.6) is 0 Å². The molecular weight excluding hydrogens is 445 g/mol. The Morgan fingerprint density at radius 3 is 2.67 bits per heavy atom. The number of carbonyl (C=O) groups excluding carboxylic acids is 3. The van der Waals surface area contributed by atoms with Gasteiger partial charge in [-0.05, 0) is 35.5 Å². The van der Waals surface area contributed by atoms with Gasteiger partial charge in [-0.1, -0.05) is 42.5 Å². The highest BCUT2D eigenvalue weighted by Gasteiger charge is 2.34. The molecule has 0 aliphatic carbocycles. The lowest BCUT2D eigenvalue weighted by atomic mass is 10.2. The van der Waals surface area contributed by atoms with Crippen molar-refractivity contribution < 1.29 is 23.2 Å². The SMILES string of the molecule is O=C(CCc1ncc(-c2ccccc2F)o1)NCCN1C(=O)S/C(=C/c2ccccc2)C1=O. The number of nitrogens with zero attached hydrogens (tertiary/aromatic N) is 2. The molecule has 3 amide bonds. The Kier molecular flexibility index (Phi) is 6.99. The van der Waals surface area contributed by atoms with Crippen molar-refractivity contribution in [2.75, 3.05) is 13.1 Å². The molecule has 4 rings (SSSR count). The van der Waals surface area contributed by atoms with E-state index in [1.54, 1.807) is 24.3 Å². The van der Waals surface area contributed by atoms with E-state index in [1.807, 2.05) is 30.3 Å². The van der Waals surface area contributed by atoms with Crippen molar-refractivity contribution >= 4 is 34.9 Å². The second kappa shape index (κ2) is 10.3. The zero-order valence-electron chi connectivity index (χ0n) is 17.5. The minimum atomic E-state index is -0.413. The van der Waals surface area contributed by atoms with E-state index in [0.717, 1.165) is 22.2 Å². The quantitative estimate of drug-likeness (QED) is 0.500. The van der Waals surface area contributed by atoms with Crippen molar-refractivity contribution in [3.8, 4) is 11.3 Å². The summed E-state index contributed by atoms with van der Waals surface area (Å²) in [5, 5.41) is 2.33. The Morgan fingerprint density at radius 1 is 1.12 bits per heavy atom. The number of amides is 3. The molecule has 0 atom stereocenters. The summed E-state index contributed by atoms with van der Waals surface area (Å²) in [5.74, 6) is -0.438. The van der Waals surface area contributed by atoms with Gasteiger partial charge >= 0.3 is 0 Å². The molecule has 0 unspecified atom stereocenters. The molecule has 1 aliphatic rings. The predicted octanol–water partition coefficient (Wildman–Crippen LogP) is 4.27. The Balaban J connectivity index is 1.24. The maximum Gasteiger partial charge on any atom is 0.293 e. The van der Waals surface area contributed by atoms with E-state index in [0.29, 0.717) is 22.1 Å². The van der Waals surface area contributed by atoms with Crippen LogP contribution >= 0.6 is 11.8 Å². The number of hydrogen-bond acceptors (Lipinski definition) is 6. The van der Waals surface area contributed by atoms with Crippen molar-refractivity contribution in [1.29, 1.82) is 0 Å². The van der Waals surface area contributed by atoms with Crippen LogP contribution in [0.2, 0.25) is 0 Å². The van der Waals surface area contributed by atoms with Gasteiger partial charge in [0.2, 0.25) is 5.91 Å². The van der Waals surface area contributed by atoms with E-state index in [9.17, 15) is 18.8 Å². The van der Waals surface area contributed by atoms with Crippen LogP contribution in [0.25, 0.3) is 17.4 Å². The fourth-order valence-electron chi connectivity index (χ4n) is 3.22. The van der Waals surface area contributed by atoms with Gasteiger partial charge in [0.25, 0.3) is 11.1 Å². The first-order chi connectivity index (χ1) is 16.0. The molecule has 0 spiro atoms. The van der Waals surface area contributed by atoms with Crippen LogP contribution in [-0.4, -0.2) is 40.0 Å².